The molecule has 1 fully saturated rings. The van der Waals surface area contributed by atoms with Crippen LogP contribution in [-0.2, 0) is 19.2 Å². The summed E-state index contributed by atoms with van der Waals surface area (Å²) in [5.41, 5.74) is -0.143. The number of aromatic nitrogens is 5. The highest BCUT2D eigenvalue weighted by atomic mass is 16.3. The second-order valence-electron chi connectivity index (χ2n) is 5.99. The molecule has 7 nitrogen and oxygen atoms in total. The number of aryl methyl sites for hydroxylation is 1. The fourth-order valence-electron chi connectivity index (χ4n) is 2.19. The first-order valence-corrected chi connectivity index (χ1v) is 6.85. The summed E-state index contributed by atoms with van der Waals surface area (Å²) in [7, 11) is 1.86. The molecule has 0 atom stereocenters. The Balaban J connectivity index is 1.91. The molecule has 0 radical (unpaired) electrons. The highest BCUT2D eigenvalue weighted by Crippen LogP contribution is 2.33. The molecule has 1 aliphatic carbocycles. The number of aliphatic hydroxyl groups is 1. The minimum atomic E-state index is -1.00. The lowest BCUT2D eigenvalue weighted by Crippen LogP contribution is -2.23. The van der Waals surface area contributed by atoms with Crippen LogP contribution in [0.15, 0.2) is 12.4 Å². The number of hydrogen-bond acceptors (Lipinski definition) is 5. The minimum Gasteiger partial charge on any atom is -0.382 e. The Hall–Kier alpha value is -1.89. The summed E-state index contributed by atoms with van der Waals surface area (Å²) in [4.78, 5) is 0. The topological polar surface area (TPSA) is 80.8 Å². The Morgan fingerprint density at radius 3 is 2.70 bits per heavy atom. The Morgan fingerprint density at radius 1 is 1.40 bits per heavy atom. The number of nitrogens with one attached hydrogen (secondary N) is 1. The van der Waals surface area contributed by atoms with E-state index in [-0.39, 0.29) is 0 Å². The quantitative estimate of drug-likeness (QED) is 0.862. The van der Waals surface area contributed by atoms with Gasteiger partial charge in [-0.05, 0) is 32.6 Å². The Kier molecular flexibility index (Phi) is 3.01. The van der Waals surface area contributed by atoms with Crippen LogP contribution in [0, 0.1) is 5.92 Å². The normalized spacial score (nSPS) is 15.6. The first-order chi connectivity index (χ1) is 9.43. The van der Waals surface area contributed by atoms with Crippen LogP contribution < -0.4 is 5.32 Å². The first kappa shape index (κ1) is 13.1. The summed E-state index contributed by atoms with van der Waals surface area (Å²) >= 11 is 0. The molecule has 0 unspecified atom stereocenters. The smallest absolute Gasteiger partial charge is 0.229 e. The number of rotatable bonds is 5. The zero-order valence-electron chi connectivity index (χ0n) is 12.0. The van der Waals surface area contributed by atoms with Crippen molar-refractivity contribution in [1.82, 2.24) is 24.5 Å². The van der Waals surface area contributed by atoms with Crippen LogP contribution in [0.3, 0.4) is 0 Å². The third-order valence-corrected chi connectivity index (χ3v) is 3.40. The van der Waals surface area contributed by atoms with E-state index in [1.54, 1.807) is 24.7 Å². The van der Waals surface area contributed by atoms with Crippen LogP contribution in [-0.4, -0.2) is 29.7 Å². The van der Waals surface area contributed by atoms with Crippen molar-refractivity contribution in [2.75, 3.05) is 5.32 Å². The standard InChI is InChI=1S/C13H20N6O/c1-13(2,20)11-16-17-12(19(11)7-9-4-5-9)15-10-6-14-18(3)8-10/h6,8-9,20H,4-5,7H2,1-3H3,(H,15,17). The average Bonchev–Trinajstić information content (AvgIpc) is 2.93. The van der Waals surface area contributed by atoms with Crippen molar-refractivity contribution in [1.29, 1.82) is 0 Å². The van der Waals surface area contributed by atoms with Gasteiger partial charge in [0.2, 0.25) is 5.95 Å². The van der Waals surface area contributed by atoms with Crippen LogP contribution in [0.1, 0.15) is 32.5 Å². The van der Waals surface area contributed by atoms with Gasteiger partial charge in [-0.2, -0.15) is 5.10 Å². The molecule has 20 heavy (non-hydrogen) atoms. The van der Waals surface area contributed by atoms with Gasteiger partial charge in [0.25, 0.3) is 0 Å². The molecular formula is C13H20N6O. The number of anilines is 2. The molecule has 2 aromatic rings. The van der Waals surface area contributed by atoms with E-state index in [9.17, 15) is 5.11 Å². The Bertz CT molecular complexity index is 605. The van der Waals surface area contributed by atoms with E-state index in [1.807, 2.05) is 17.8 Å². The molecule has 1 aliphatic rings. The molecule has 2 aromatic heterocycles. The molecule has 0 aromatic carbocycles. The highest BCUT2D eigenvalue weighted by Gasteiger charge is 2.30. The maximum atomic E-state index is 10.2. The second kappa shape index (κ2) is 4.59. The van der Waals surface area contributed by atoms with Crippen LogP contribution in [0.4, 0.5) is 11.6 Å². The molecule has 0 amide bonds. The predicted octanol–water partition coefficient (Wildman–Crippen LogP) is 1.39. The van der Waals surface area contributed by atoms with Crippen molar-refractivity contribution < 1.29 is 5.11 Å². The van der Waals surface area contributed by atoms with E-state index in [2.05, 4.69) is 20.6 Å². The maximum absolute atomic E-state index is 10.2. The van der Waals surface area contributed by atoms with Crippen molar-refractivity contribution in [3.63, 3.8) is 0 Å². The van der Waals surface area contributed by atoms with E-state index in [0.717, 1.165) is 12.2 Å². The van der Waals surface area contributed by atoms with Crippen molar-refractivity contribution in [3.8, 4) is 0 Å². The summed E-state index contributed by atoms with van der Waals surface area (Å²) in [6.07, 6.45) is 6.07. The van der Waals surface area contributed by atoms with E-state index >= 15 is 0 Å². The van der Waals surface area contributed by atoms with Crippen LogP contribution in [0.2, 0.25) is 0 Å². The van der Waals surface area contributed by atoms with Crippen molar-refractivity contribution in [2.24, 2.45) is 13.0 Å². The number of hydrogen-bond donors (Lipinski definition) is 2. The molecule has 2 heterocycles. The van der Waals surface area contributed by atoms with Crippen LogP contribution >= 0.6 is 0 Å². The largest absolute Gasteiger partial charge is 0.382 e. The highest BCUT2D eigenvalue weighted by molar-refractivity contribution is 5.50. The van der Waals surface area contributed by atoms with Gasteiger partial charge in [0.1, 0.15) is 5.60 Å². The van der Waals surface area contributed by atoms with Crippen molar-refractivity contribution >= 4 is 11.6 Å². The van der Waals surface area contributed by atoms with Gasteiger partial charge < -0.3 is 10.4 Å². The van der Waals surface area contributed by atoms with Gasteiger partial charge in [-0.15, -0.1) is 10.2 Å². The third-order valence-electron chi connectivity index (χ3n) is 3.40. The van der Waals surface area contributed by atoms with Crippen molar-refractivity contribution in [2.45, 2.75) is 38.8 Å². The lowest BCUT2D eigenvalue weighted by atomic mass is 10.1. The van der Waals surface area contributed by atoms with Gasteiger partial charge >= 0.3 is 0 Å². The summed E-state index contributed by atoms with van der Waals surface area (Å²) in [5, 5.41) is 25.9. The zero-order valence-corrected chi connectivity index (χ0v) is 12.0. The third kappa shape index (κ3) is 2.67. The van der Waals surface area contributed by atoms with Crippen LogP contribution in [0.25, 0.3) is 0 Å². The SMILES string of the molecule is Cn1cc(Nc2nnc(C(C)(C)O)n2CC2CC2)cn1. The average molecular weight is 276 g/mol. The number of nitrogens with zero attached hydrogens (tertiary/aromatic N) is 5. The van der Waals surface area contributed by atoms with Gasteiger partial charge in [-0.25, -0.2) is 0 Å². The van der Waals surface area contributed by atoms with Gasteiger partial charge in [0.15, 0.2) is 5.82 Å². The van der Waals surface area contributed by atoms with Gasteiger partial charge in [0, 0.05) is 19.8 Å². The molecule has 2 N–H and O–H groups in total. The molecule has 0 aliphatic heterocycles. The zero-order chi connectivity index (χ0) is 14.3. The molecule has 3 rings (SSSR count). The second-order valence-corrected chi connectivity index (χ2v) is 5.99. The summed E-state index contributed by atoms with van der Waals surface area (Å²) < 4.78 is 3.70. The molecule has 7 heteroatoms. The predicted molar refractivity (Wildman–Crippen MR) is 74.5 cm³/mol. The molecule has 1 saturated carbocycles. The van der Waals surface area contributed by atoms with Crippen molar-refractivity contribution in [3.05, 3.63) is 18.2 Å². The van der Waals surface area contributed by atoms with E-state index in [1.165, 1.54) is 12.8 Å². The fraction of sp³-hybridized carbons (Fsp3) is 0.615. The Morgan fingerprint density at radius 2 is 2.15 bits per heavy atom. The molecule has 108 valence electrons. The lowest BCUT2D eigenvalue weighted by molar-refractivity contribution is 0.0641. The van der Waals surface area contributed by atoms with Gasteiger partial charge in [0.05, 0.1) is 11.9 Å². The fourth-order valence-corrected chi connectivity index (χ4v) is 2.19. The summed E-state index contributed by atoms with van der Waals surface area (Å²) in [6.45, 7) is 4.30. The minimum absolute atomic E-state index is 0.593. The van der Waals surface area contributed by atoms with Crippen LogP contribution in [0.5, 0.6) is 0 Å². The van der Waals surface area contributed by atoms with E-state index in [0.29, 0.717) is 17.7 Å². The molecule has 0 saturated heterocycles. The summed E-state index contributed by atoms with van der Waals surface area (Å²) in [5.74, 6) is 1.92. The van der Waals surface area contributed by atoms with E-state index in [4.69, 9.17) is 0 Å². The van der Waals surface area contributed by atoms with E-state index < -0.39 is 5.60 Å². The maximum Gasteiger partial charge on any atom is 0.229 e. The Labute approximate surface area is 117 Å². The van der Waals surface area contributed by atoms with Gasteiger partial charge in [-0.3, -0.25) is 9.25 Å². The first-order valence-electron chi connectivity index (χ1n) is 6.85. The lowest BCUT2D eigenvalue weighted by Gasteiger charge is -2.18. The summed E-state index contributed by atoms with van der Waals surface area (Å²) in [6, 6.07) is 0. The molecule has 0 spiro atoms. The molecule has 0 bridgehead atoms. The monoisotopic (exact) mass is 276 g/mol. The van der Waals surface area contributed by atoms with Gasteiger partial charge in [-0.1, -0.05) is 0 Å². The molecular weight excluding hydrogens is 256 g/mol.